The van der Waals surface area contributed by atoms with Gasteiger partial charge in [0.05, 0.1) is 6.61 Å². The number of allylic oxidation sites excluding steroid dienone is 1. The number of aliphatic hydroxyl groups is 1. The van der Waals surface area contributed by atoms with E-state index in [9.17, 15) is 5.11 Å². The van der Waals surface area contributed by atoms with E-state index in [1.165, 1.54) is 31.3 Å². The van der Waals surface area contributed by atoms with Gasteiger partial charge in [-0.3, -0.25) is 0 Å². The average molecular weight is 220 g/mol. The van der Waals surface area contributed by atoms with Gasteiger partial charge >= 0.3 is 0 Å². The van der Waals surface area contributed by atoms with Crippen LogP contribution in [-0.2, 0) is 0 Å². The van der Waals surface area contributed by atoms with Crippen molar-refractivity contribution in [3.05, 3.63) is 11.6 Å². The Morgan fingerprint density at radius 3 is 2.81 bits per heavy atom. The van der Waals surface area contributed by atoms with Gasteiger partial charge in [0.15, 0.2) is 0 Å². The van der Waals surface area contributed by atoms with Gasteiger partial charge in [-0.05, 0) is 59.8 Å². The van der Waals surface area contributed by atoms with Gasteiger partial charge in [0.2, 0.25) is 0 Å². The molecule has 1 nitrogen and oxygen atoms in total. The lowest BCUT2D eigenvalue weighted by Crippen LogP contribution is -2.30. The van der Waals surface area contributed by atoms with Crippen molar-refractivity contribution < 1.29 is 5.11 Å². The average Bonchev–Trinajstić information content (AvgIpc) is 2.65. The first-order valence-electron chi connectivity index (χ1n) is 6.82. The van der Waals surface area contributed by atoms with Crippen LogP contribution in [0.2, 0.25) is 0 Å². The molecule has 0 aromatic rings. The Bertz CT molecular complexity index is 341. The molecule has 0 amide bonds. The van der Waals surface area contributed by atoms with Crippen molar-refractivity contribution in [3.8, 4) is 0 Å². The van der Waals surface area contributed by atoms with Crippen LogP contribution in [0.4, 0.5) is 0 Å². The molecule has 3 rings (SSSR count). The summed E-state index contributed by atoms with van der Waals surface area (Å²) in [5, 5.41) is 9.50. The minimum Gasteiger partial charge on any atom is -0.392 e. The number of hydrogen-bond donors (Lipinski definition) is 1. The molecule has 0 aromatic heterocycles. The van der Waals surface area contributed by atoms with Gasteiger partial charge in [-0.25, -0.2) is 0 Å². The maximum Gasteiger partial charge on any atom is 0.0644 e. The number of rotatable bonds is 1. The summed E-state index contributed by atoms with van der Waals surface area (Å²) < 4.78 is 0. The largest absolute Gasteiger partial charge is 0.392 e. The molecule has 2 bridgehead atoms. The van der Waals surface area contributed by atoms with E-state index >= 15 is 0 Å². The predicted molar refractivity (Wildman–Crippen MR) is 66.0 cm³/mol. The third-order valence-corrected chi connectivity index (χ3v) is 6.32. The molecule has 0 heterocycles. The minimum atomic E-state index is 0.283. The van der Waals surface area contributed by atoms with Gasteiger partial charge in [0.25, 0.3) is 0 Å². The Kier molecular flexibility index (Phi) is 2.12. The van der Waals surface area contributed by atoms with Gasteiger partial charge in [-0.15, -0.1) is 0 Å². The van der Waals surface area contributed by atoms with Crippen molar-refractivity contribution in [3.63, 3.8) is 0 Å². The van der Waals surface area contributed by atoms with Crippen LogP contribution < -0.4 is 0 Å². The highest BCUT2D eigenvalue weighted by atomic mass is 16.3. The molecule has 3 unspecified atom stereocenters. The molecule has 0 aliphatic heterocycles. The first-order valence-corrected chi connectivity index (χ1v) is 6.82. The summed E-state index contributed by atoms with van der Waals surface area (Å²) in [5.74, 6) is 2.43. The van der Waals surface area contributed by atoms with Crippen molar-refractivity contribution >= 4 is 0 Å². The summed E-state index contributed by atoms with van der Waals surface area (Å²) in [7, 11) is 0. The molecule has 3 aliphatic rings. The molecule has 0 aromatic carbocycles. The summed E-state index contributed by atoms with van der Waals surface area (Å²) in [6, 6.07) is 0. The molecular formula is C15H24O. The lowest BCUT2D eigenvalue weighted by atomic mass is 9.68. The third-order valence-electron chi connectivity index (χ3n) is 6.32. The second kappa shape index (κ2) is 3.13. The molecule has 3 aliphatic carbocycles. The zero-order chi connectivity index (χ0) is 11.6. The van der Waals surface area contributed by atoms with E-state index in [1.54, 1.807) is 0 Å². The Balaban J connectivity index is 2.07. The molecule has 2 fully saturated rings. The first-order chi connectivity index (χ1) is 7.52. The normalized spacial score (nSPS) is 49.0. The van der Waals surface area contributed by atoms with Crippen molar-refractivity contribution in [2.24, 2.45) is 28.6 Å². The molecule has 1 N–H and O–H groups in total. The Labute approximate surface area is 98.9 Å². The molecular weight excluding hydrogens is 196 g/mol. The fourth-order valence-electron chi connectivity index (χ4n) is 5.35. The quantitative estimate of drug-likeness (QED) is 0.672. The Morgan fingerprint density at radius 1 is 1.38 bits per heavy atom. The van der Waals surface area contributed by atoms with Crippen molar-refractivity contribution in [2.75, 3.05) is 6.61 Å². The maximum atomic E-state index is 9.50. The van der Waals surface area contributed by atoms with Gasteiger partial charge in [0, 0.05) is 0 Å². The summed E-state index contributed by atoms with van der Waals surface area (Å²) >= 11 is 0. The van der Waals surface area contributed by atoms with Crippen LogP contribution in [0.5, 0.6) is 0 Å². The molecule has 0 saturated heterocycles. The smallest absolute Gasteiger partial charge is 0.0644 e. The zero-order valence-electron chi connectivity index (χ0n) is 10.8. The summed E-state index contributed by atoms with van der Waals surface area (Å²) in [5.41, 5.74) is 2.33. The van der Waals surface area contributed by atoms with Crippen LogP contribution in [0.3, 0.4) is 0 Å². The zero-order valence-corrected chi connectivity index (χ0v) is 10.8. The molecule has 0 radical (unpaired) electrons. The Hall–Kier alpha value is -0.300. The first kappa shape index (κ1) is 10.8. The van der Waals surface area contributed by atoms with E-state index in [4.69, 9.17) is 0 Å². The van der Waals surface area contributed by atoms with E-state index < -0.39 is 0 Å². The van der Waals surface area contributed by atoms with Gasteiger partial charge in [-0.1, -0.05) is 26.8 Å². The second-order valence-electron chi connectivity index (χ2n) is 6.98. The molecule has 1 heteroatoms. The van der Waals surface area contributed by atoms with E-state index in [0.29, 0.717) is 16.7 Å². The molecule has 2 saturated carbocycles. The van der Waals surface area contributed by atoms with Crippen LogP contribution in [-0.4, -0.2) is 11.7 Å². The van der Waals surface area contributed by atoms with Crippen LogP contribution in [0.25, 0.3) is 0 Å². The summed E-state index contributed by atoms with van der Waals surface area (Å²) in [4.78, 5) is 0. The third kappa shape index (κ3) is 1.06. The van der Waals surface area contributed by atoms with E-state index in [-0.39, 0.29) is 6.61 Å². The fraction of sp³-hybridized carbons (Fsp3) is 0.867. The Morgan fingerprint density at radius 2 is 2.12 bits per heavy atom. The topological polar surface area (TPSA) is 20.2 Å². The maximum absolute atomic E-state index is 9.50. The standard InChI is InChI=1S/C15H24O/c1-10-4-5-13-14(2,3)12-8-15(10,13)7-6-11(12)9-16/h6,10,12-13,16H,4-5,7-9H2,1-3H3/t10?,12?,13-,15?/m0/s1. The molecule has 16 heavy (non-hydrogen) atoms. The number of hydrogen-bond acceptors (Lipinski definition) is 1. The van der Waals surface area contributed by atoms with Crippen LogP contribution in [0.15, 0.2) is 11.6 Å². The van der Waals surface area contributed by atoms with Gasteiger partial charge < -0.3 is 5.11 Å². The van der Waals surface area contributed by atoms with Crippen LogP contribution in [0, 0.1) is 28.6 Å². The highest BCUT2D eigenvalue weighted by molar-refractivity contribution is 5.26. The summed E-state index contributed by atoms with van der Waals surface area (Å²) in [6.45, 7) is 7.62. The van der Waals surface area contributed by atoms with Crippen LogP contribution in [0.1, 0.15) is 46.5 Å². The van der Waals surface area contributed by atoms with Crippen molar-refractivity contribution in [2.45, 2.75) is 46.5 Å². The number of aliphatic hydroxyl groups excluding tert-OH is 1. The predicted octanol–water partition coefficient (Wildman–Crippen LogP) is 3.39. The van der Waals surface area contributed by atoms with Gasteiger partial charge in [0.1, 0.15) is 0 Å². The van der Waals surface area contributed by atoms with Crippen molar-refractivity contribution in [1.29, 1.82) is 0 Å². The highest BCUT2D eigenvalue weighted by Gasteiger charge is 2.63. The monoisotopic (exact) mass is 220 g/mol. The summed E-state index contributed by atoms with van der Waals surface area (Å²) in [6.07, 6.45) is 7.78. The van der Waals surface area contributed by atoms with E-state index in [1.807, 2.05) is 0 Å². The fourth-order valence-corrected chi connectivity index (χ4v) is 5.35. The lowest BCUT2D eigenvalue weighted by Gasteiger charge is -2.36. The molecule has 1 spiro atoms. The van der Waals surface area contributed by atoms with E-state index in [2.05, 4.69) is 26.8 Å². The molecule has 90 valence electrons. The van der Waals surface area contributed by atoms with Gasteiger partial charge in [-0.2, -0.15) is 0 Å². The highest BCUT2D eigenvalue weighted by Crippen LogP contribution is 2.71. The molecule has 4 atom stereocenters. The van der Waals surface area contributed by atoms with Crippen molar-refractivity contribution in [1.82, 2.24) is 0 Å². The minimum absolute atomic E-state index is 0.283. The second-order valence-corrected chi connectivity index (χ2v) is 6.98. The van der Waals surface area contributed by atoms with Crippen LogP contribution >= 0.6 is 0 Å². The SMILES string of the molecule is CC1CC[C@H]2C(C)(C)C3CC12CC=C3CO. The number of fused-ring (bicyclic) bond motifs is 1. The lowest BCUT2D eigenvalue weighted by molar-refractivity contribution is 0.128. The van der Waals surface area contributed by atoms with E-state index in [0.717, 1.165) is 11.8 Å².